The van der Waals surface area contributed by atoms with Crippen LogP contribution in [0.2, 0.25) is 0 Å². The number of hydrogen-bond acceptors (Lipinski definition) is 3. The minimum absolute atomic E-state index is 0.0267. The highest BCUT2D eigenvalue weighted by Gasteiger charge is 2.61. The number of amides is 1. The topological polar surface area (TPSA) is 66.5 Å². The van der Waals surface area contributed by atoms with Crippen LogP contribution in [0.25, 0.3) is 0 Å². The van der Waals surface area contributed by atoms with Gasteiger partial charge in [0.2, 0.25) is 21.9 Å². The third-order valence-electron chi connectivity index (χ3n) is 6.90. The summed E-state index contributed by atoms with van der Waals surface area (Å²) in [4.78, 5) is 14.8. The summed E-state index contributed by atoms with van der Waals surface area (Å²) in [5.74, 6) is -2.87. The molecule has 30 heavy (non-hydrogen) atoms. The summed E-state index contributed by atoms with van der Waals surface area (Å²) in [6.45, 7) is 4.28. The van der Waals surface area contributed by atoms with E-state index in [1.165, 1.54) is 0 Å². The molecule has 1 saturated heterocycles. The molecule has 166 valence electrons. The van der Waals surface area contributed by atoms with E-state index in [4.69, 9.17) is 0 Å². The second-order valence-electron chi connectivity index (χ2n) is 9.83. The fraction of sp³-hybridized carbons (Fsp3) is 0.682. The van der Waals surface area contributed by atoms with Gasteiger partial charge in [-0.2, -0.15) is 0 Å². The number of benzene rings is 1. The molecule has 2 atom stereocenters. The van der Waals surface area contributed by atoms with Crippen LogP contribution < -0.4 is 4.72 Å². The summed E-state index contributed by atoms with van der Waals surface area (Å²) < 4.78 is 53.6. The number of nitrogens with zero attached hydrogens (tertiary/aromatic N) is 1. The molecule has 1 N–H and O–H groups in total. The van der Waals surface area contributed by atoms with Crippen molar-refractivity contribution in [3.05, 3.63) is 35.4 Å². The molecule has 1 amide bonds. The van der Waals surface area contributed by atoms with E-state index < -0.39 is 15.9 Å². The van der Waals surface area contributed by atoms with Crippen LogP contribution in [-0.2, 0) is 21.2 Å². The number of nitrogens with one attached hydrogen (secondary N) is 1. The van der Waals surface area contributed by atoms with Crippen LogP contribution in [0, 0.1) is 11.3 Å². The second-order valence-corrected chi connectivity index (χ2v) is 11.6. The zero-order valence-corrected chi connectivity index (χ0v) is 18.5. The monoisotopic (exact) mass is 440 g/mol. The molecule has 1 aromatic carbocycles. The largest absolute Gasteiger partial charge is 0.337 e. The van der Waals surface area contributed by atoms with E-state index in [1.807, 2.05) is 43.0 Å². The first-order valence-electron chi connectivity index (χ1n) is 10.6. The van der Waals surface area contributed by atoms with Crippen molar-refractivity contribution in [2.45, 2.75) is 69.9 Å². The Kier molecular flexibility index (Phi) is 5.25. The maximum atomic E-state index is 13.3. The fourth-order valence-electron chi connectivity index (χ4n) is 5.12. The van der Waals surface area contributed by atoms with Gasteiger partial charge in [-0.3, -0.25) is 4.79 Å². The molecule has 2 aliphatic carbocycles. The fourth-order valence-corrected chi connectivity index (χ4v) is 5.99. The SMILES string of the molecule is CC(C)C(=O)N1CC2(CC2)C(NS(C)(=O)=O)C1Cc1cccc(C2CC(F)(F)C2)c1. The number of carbonyl (C=O) groups excluding carboxylic acids is 1. The van der Waals surface area contributed by atoms with Gasteiger partial charge in [-0.1, -0.05) is 38.1 Å². The lowest BCUT2D eigenvalue weighted by Gasteiger charge is -2.35. The summed E-state index contributed by atoms with van der Waals surface area (Å²) in [7, 11) is -3.43. The summed E-state index contributed by atoms with van der Waals surface area (Å²) in [5.41, 5.74) is 1.66. The molecule has 1 spiro atoms. The molecule has 1 heterocycles. The Labute approximate surface area is 177 Å². The molecule has 3 fully saturated rings. The Morgan fingerprint density at radius 3 is 2.47 bits per heavy atom. The number of alkyl halides is 2. The summed E-state index contributed by atoms with van der Waals surface area (Å²) in [6.07, 6.45) is 3.21. The highest BCUT2D eigenvalue weighted by atomic mass is 32.2. The van der Waals surface area contributed by atoms with Crippen molar-refractivity contribution in [2.24, 2.45) is 11.3 Å². The normalized spacial score (nSPS) is 27.5. The molecule has 1 aliphatic heterocycles. The van der Waals surface area contributed by atoms with E-state index in [0.29, 0.717) is 13.0 Å². The number of rotatable bonds is 6. The number of hydrogen-bond donors (Lipinski definition) is 1. The van der Waals surface area contributed by atoms with Gasteiger partial charge in [0.15, 0.2) is 0 Å². The number of likely N-dealkylation sites (tertiary alicyclic amines) is 1. The first-order valence-corrected chi connectivity index (χ1v) is 12.5. The Hall–Kier alpha value is -1.54. The van der Waals surface area contributed by atoms with Gasteiger partial charge in [0, 0.05) is 36.8 Å². The van der Waals surface area contributed by atoms with Gasteiger partial charge in [-0.15, -0.1) is 0 Å². The summed E-state index contributed by atoms with van der Waals surface area (Å²) in [6, 6.07) is 7.03. The molecular formula is C22H30F2N2O3S. The first-order chi connectivity index (χ1) is 13.9. The standard InChI is InChI=1S/C22H30F2N2O3S/c1-14(2)20(27)26-13-21(7-8-21)19(25-30(3,28)29)18(26)10-15-5-4-6-16(9-15)17-11-22(23,24)12-17/h4-6,9,14,17-19,25H,7-8,10-13H2,1-3H3. The number of halogens is 2. The Bertz CT molecular complexity index is 935. The van der Waals surface area contributed by atoms with Gasteiger partial charge in [-0.05, 0) is 36.3 Å². The van der Waals surface area contributed by atoms with Crippen LogP contribution in [0.15, 0.2) is 24.3 Å². The van der Waals surface area contributed by atoms with Crippen LogP contribution in [-0.4, -0.2) is 50.0 Å². The van der Waals surface area contributed by atoms with E-state index in [9.17, 15) is 22.0 Å². The smallest absolute Gasteiger partial charge is 0.249 e. The molecular weight excluding hydrogens is 410 g/mol. The Morgan fingerprint density at radius 1 is 1.27 bits per heavy atom. The summed E-state index contributed by atoms with van der Waals surface area (Å²) in [5, 5.41) is 0. The Balaban J connectivity index is 1.61. The number of carbonyl (C=O) groups is 1. The molecule has 4 rings (SSSR count). The van der Waals surface area contributed by atoms with Gasteiger partial charge in [0.25, 0.3) is 0 Å². The molecule has 5 nitrogen and oxygen atoms in total. The van der Waals surface area contributed by atoms with E-state index in [-0.39, 0.29) is 48.1 Å². The van der Waals surface area contributed by atoms with Crippen molar-refractivity contribution in [1.82, 2.24) is 9.62 Å². The van der Waals surface area contributed by atoms with Crippen molar-refractivity contribution in [3.8, 4) is 0 Å². The average Bonchev–Trinajstić information content (AvgIpc) is 3.34. The van der Waals surface area contributed by atoms with Crippen LogP contribution >= 0.6 is 0 Å². The van der Waals surface area contributed by atoms with Crippen molar-refractivity contribution in [2.75, 3.05) is 12.8 Å². The molecule has 0 radical (unpaired) electrons. The Morgan fingerprint density at radius 2 is 1.93 bits per heavy atom. The maximum absolute atomic E-state index is 13.3. The van der Waals surface area contributed by atoms with Gasteiger partial charge in [0.1, 0.15) is 0 Å². The molecule has 2 saturated carbocycles. The van der Waals surface area contributed by atoms with Crippen molar-refractivity contribution in [1.29, 1.82) is 0 Å². The zero-order chi connectivity index (χ0) is 21.9. The van der Waals surface area contributed by atoms with E-state index in [2.05, 4.69) is 4.72 Å². The van der Waals surface area contributed by atoms with Crippen molar-refractivity contribution >= 4 is 15.9 Å². The summed E-state index contributed by atoms with van der Waals surface area (Å²) >= 11 is 0. The maximum Gasteiger partial charge on any atom is 0.249 e. The van der Waals surface area contributed by atoms with Crippen LogP contribution in [0.5, 0.6) is 0 Å². The van der Waals surface area contributed by atoms with E-state index >= 15 is 0 Å². The first kappa shape index (κ1) is 21.7. The van der Waals surface area contributed by atoms with Crippen LogP contribution in [0.4, 0.5) is 8.78 Å². The lowest BCUT2D eigenvalue weighted by atomic mass is 9.76. The molecule has 8 heteroatoms. The van der Waals surface area contributed by atoms with Crippen molar-refractivity contribution < 1.29 is 22.0 Å². The molecule has 1 aromatic rings. The zero-order valence-electron chi connectivity index (χ0n) is 17.7. The highest BCUT2D eigenvalue weighted by Crippen LogP contribution is 2.56. The lowest BCUT2D eigenvalue weighted by Crippen LogP contribution is -2.50. The van der Waals surface area contributed by atoms with Gasteiger partial charge < -0.3 is 4.90 Å². The van der Waals surface area contributed by atoms with Crippen LogP contribution in [0.3, 0.4) is 0 Å². The van der Waals surface area contributed by atoms with Crippen LogP contribution in [0.1, 0.15) is 56.6 Å². The third kappa shape index (κ3) is 4.26. The highest BCUT2D eigenvalue weighted by molar-refractivity contribution is 7.88. The number of sulfonamides is 1. The predicted octanol–water partition coefficient (Wildman–Crippen LogP) is 3.31. The van der Waals surface area contributed by atoms with E-state index in [0.717, 1.165) is 30.2 Å². The second kappa shape index (κ2) is 7.26. The lowest BCUT2D eigenvalue weighted by molar-refractivity contribution is -0.135. The molecule has 3 aliphatic rings. The van der Waals surface area contributed by atoms with E-state index in [1.54, 1.807) is 0 Å². The van der Waals surface area contributed by atoms with Gasteiger partial charge >= 0.3 is 0 Å². The van der Waals surface area contributed by atoms with Gasteiger partial charge in [-0.25, -0.2) is 21.9 Å². The van der Waals surface area contributed by atoms with Gasteiger partial charge in [0.05, 0.1) is 12.3 Å². The van der Waals surface area contributed by atoms with Crippen molar-refractivity contribution in [3.63, 3.8) is 0 Å². The third-order valence-corrected chi connectivity index (χ3v) is 7.58. The molecule has 2 unspecified atom stereocenters. The minimum Gasteiger partial charge on any atom is -0.337 e. The quantitative estimate of drug-likeness (QED) is 0.738. The predicted molar refractivity (Wildman–Crippen MR) is 111 cm³/mol. The molecule has 0 bridgehead atoms. The minimum atomic E-state index is -3.43. The molecule has 0 aromatic heterocycles. The average molecular weight is 441 g/mol.